The maximum absolute atomic E-state index is 11.8. The predicted octanol–water partition coefficient (Wildman–Crippen LogP) is 4.11. The second kappa shape index (κ2) is 5.92. The Morgan fingerprint density at radius 3 is 2.73 bits per heavy atom. The van der Waals surface area contributed by atoms with Crippen molar-refractivity contribution in [2.75, 3.05) is 6.26 Å². The van der Waals surface area contributed by atoms with Gasteiger partial charge >= 0.3 is 0 Å². The van der Waals surface area contributed by atoms with E-state index in [4.69, 9.17) is 11.6 Å². The molecule has 0 radical (unpaired) electrons. The normalized spacial score (nSPS) is 12.5. The summed E-state index contributed by atoms with van der Waals surface area (Å²) in [6, 6.07) is 5.72. The Bertz CT molecular complexity index is 366. The Morgan fingerprint density at radius 1 is 1.60 bits per heavy atom. The molecule has 0 amide bonds. The molecule has 0 saturated carbocycles. The summed E-state index contributed by atoms with van der Waals surface area (Å²) in [4.78, 5) is 12.7. The molecule has 1 aromatic carbocycles. The van der Waals surface area contributed by atoms with Crippen LogP contribution in [0.15, 0.2) is 23.1 Å². The highest BCUT2D eigenvalue weighted by Crippen LogP contribution is 2.25. The van der Waals surface area contributed by atoms with E-state index in [-0.39, 0.29) is 10.6 Å². The molecule has 0 aliphatic heterocycles. The molecule has 82 valence electrons. The van der Waals surface area contributed by atoms with Gasteiger partial charge in [0.05, 0.1) is 4.83 Å². The van der Waals surface area contributed by atoms with Crippen molar-refractivity contribution in [2.45, 2.75) is 22.5 Å². The molecular formula is C11H12BrClOS. The first-order valence-electron chi connectivity index (χ1n) is 4.51. The molecule has 1 atom stereocenters. The molecule has 0 N–H and O–H groups in total. The molecular weight excluding hydrogens is 296 g/mol. The van der Waals surface area contributed by atoms with Crippen LogP contribution in [0.3, 0.4) is 0 Å². The second-order valence-corrected chi connectivity index (χ2v) is 5.64. The molecule has 4 heteroatoms. The Kier molecular flexibility index (Phi) is 5.16. The van der Waals surface area contributed by atoms with Gasteiger partial charge in [-0.2, -0.15) is 0 Å². The highest BCUT2D eigenvalue weighted by molar-refractivity contribution is 9.10. The van der Waals surface area contributed by atoms with Gasteiger partial charge in [0, 0.05) is 16.3 Å². The number of thioether (sulfide) groups is 1. The van der Waals surface area contributed by atoms with E-state index in [1.54, 1.807) is 11.8 Å². The lowest BCUT2D eigenvalue weighted by molar-refractivity contribution is 0.0993. The van der Waals surface area contributed by atoms with E-state index < -0.39 is 0 Å². The minimum atomic E-state index is -0.148. The summed E-state index contributed by atoms with van der Waals surface area (Å²) in [6.45, 7) is 1.84. The van der Waals surface area contributed by atoms with Crippen molar-refractivity contribution in [2.24, 2.45) is 0 Å². The standard InChI is InChI=1S/C11H12BrClOS/c1-7(12)11(14)9-4-3-8(6-13)5-10(9)15-2/h3-5,7H,6H2,1-2H3. The molecule has 0 spiro atoms. The van der Waals surface area contributed by atoms with E-state index in [0.29, 0.717) is 5.88 Å². The van der Waals surface area contributed by atoms with Gasteiger partial charge in [0.25, 0.3) is 0 Å². The third-order valence-electron chi connectivity index (χ3n) is 2.05. The molecule has 0 saturated heterocycles. The number of carbonyl (C=O) groups excluding carboxylic acids is 1. The number of Topliss-reactive ketones (excluding diaryl/α,β-unsaturated/α-hetero) is 1. The number of carbonyl (C=O) groups is 1. The van der Waals surface area contributed by atoms with E-state index in [9.17, 15) is 4.79 Å². The topological polar surface area (TPSA) is 17.1 Å². The van der Waals surface area contributed by atoms with Gasteiger partial charge in [0.15, 0.2) is 5.78 Å². The fourth-order valence-corrected chi connectivity index (χ4v) is 2.31. The smallest absolute Gasteiger partial charge is 0.177 e. The van der Waals surface area contributed by atoms with Crippen LogP contribution in [0.25, 0.3) is 0 Å². The Balaban J connectivity index is 3.13. The van der Waals surface area contributed by atoms with Crippen molar-refractivity contribution in [1.29, 1.82) is 0 Å². The minimum absolute atomic E-state index is 0.112. The molecule has 0 heterocycles. The molecule has 1 aromatic rings. The molecule has 15 heavy (non-hydrogen) atoms. The summed E-state index contributed by atoms with van der Waals surface area (Å²) in [5.41, 5.74) is 1.81. The zero-order valence-electron chi connectivity index (χ0n) is 8.59. The van der Waals surface area contributed by atoms with Crippen LogP contribution in [0.1, 0.15) is 22.8 Å². The average molecular weight is 308 g/mol. The van der Waals surface area contributed by atoms with Crippen LogP contribution in [0.5, 0.6) is 0 Å². The van der Waals surface area contributed by atoms with Crippen LogP contribution < -0.4 is 0 Å². The molecule has 1 rings (SSSR count). The van der Waals surface area contributed by atoms with Crippen LogP contribution in [0, 0.1) is 0 Å². The van der Waals surface area contributed by atoms with E-state index in [1.807, 2.05) is 31.4 Å². The monoisotopic (exact) mass is 306 g/mol. The van der Waals surface area contributed by atoms with Gasteiger partial charge in [-0.15, -0.1) is 23.4 Å². The maximum atomic E-state index is 11.8. The number of hydrogen-bond donors (Lipinski definition) is 0. The number of benzene rings is 1. The molecule has 0 fully saturated rings. The highest BCUT2D eigenvalue weighted by Gasteiger charge is 2.15. The summed E-state index contributed by atoms with van der Waals surface area (Å²) < 4.78 is 0. The lowest BCUT2D eigenvalue weighted by Gasteiger charge is -2.09. The van der Waals surface area contributed by atoms with Crippen LogP contribution in [0.2, 0.25) is 0 Å². The van der Waals surface area contributed by atoms with E-state index in [2.05, 4.69) is 15.9 Å². The summed E-state index contributed by atoms with van der Waals surface area (Å²) in [6.07, 6.45) is 1.96. The van der Waals surface area contributed by atoms with Crippen molar-refractivity contribution in [3.05, 3.63) is 29.3 Å². The lowest BCUT2D eigenvalue weighted by atomic mass is 10.1. The van der Waals surface area contributed by atoms with Crippen LogP contribution >= 0.6 is 39.3 Å². The highest BCUT2D eigenvalue weighted by atomic mass is 79.9. The fraction of sp³-hybridized carbons (Fsp3) is 0.364. The van der Waals surface area contributed by atoms with Gasteiger partial charge in [-0.05, 0) is 30.9 Å². The van der Waals surface area contributed by atoms with E-state index in [1.165, 1.54) is 0 Å². The quantitative estimate of drug-likeness (QED) is 0.473. The summed E-state index contributed by atoms with van der Waals surface area (Å²) in [7, 11) is 0. The van der Waals surface area contributed by atoms with Gasteiger partial charge in [0.1, 0.15) is 0 Å². The van der Waals surface area contributed by atoms with Gasteiger partial charge in [-0.1, -0.05) is 22.0 Å². The second-order valence-electron chi connectivity index (χ2n) is 3.15. The first-order valence-corrected chi connectivity index (χ1v) is 7.18. The Morgan fingerprint density at radius 2 is 2.27 bits per heavy atom. The lowest BCUT2D eigenvalue weighted by Crippen LogP contribution is -2.11. The molecule has 0 aromatic heterocycles. The van der Waals surface area contributed by atoms with Crippen LogP contribution in [-0.2, 0) is 5.88 Å². The largest absolute Gasteiger partial charge is 0.293 e. The van der Waals surface area contributed by atoms with Gasteiger partial charge < -0.3 is 0 Å². The average Bonchev–Trinajstić information content (AvgIpc) is 2.27. The van der Waals surface area contributed by atoms with Crippen LogP contribution in [-0.4, -0.2) is 16.9 Å². The fourth-order valence-electron chi connectivity index (χ4n) is 1.24. The number of rotatable bonds is 4. The molecule has 0 aliphatic carbocycles. The predicted molar refractivity (Wildman–Crippen MR) is 70.5 cm³/mol. The van der Waals surface area contributed by atoms with Crippen molar-refractivity contribution in [1.82, 2.24) is 0 Å². The Hall–Kier alpha value is 0.01000. The first-order chi connectivity index (χ1) is 7.10. The third kappa shape index (κ3) is 3.23. The number of halogens is 2. The molecule has 1 unspecified atom stereocenters. The van der Waals surface area contributed by atoms with Gasteiger partial charge in [-0.25, -0.2) is 0 Å². The van der Waals surface area contributed by atoms with Crippen molar-refractivity contribution >= 4 is 45.1 Å². The Labute approximate surface area is 108 Å². The summed E-state index contributed by atoms with van der Waals surface area (Å²) in [5.74, 6) is 0.590. The van der Waals surface area contributed by atoms with Gasteiger partial charge in [0.2, 0.25) is 0 Å². The molecule has 0 aliphatic rings. The number of hydrogen-bond acceptors (Lipinski definition) is 2. The van der Waals surface area contributed by atoms with Crippen molar-refractivity contribution in [3.8, 4) is 0 Å². The third-order valence-corrected chi connectivity index (χ3v) is 3.55. The van der Waals surface area contributed by atoms with Crippen molar-refractivity contribution < 1.29 is 4.79 Å². The summed E-state index contributed by atoms with van der Waals surface area (Å²) in [5, 5.41) is 0. The summed E-state index contributed by atoms with van der Waals surface area (Å²) >= 11 is 10.6. The minimum Gasteiger partial charge on any atom is -0.293 e. The van der Waals surface area contributed by atoms with Crippen molar-refractivity contribution in [3.63, 3.8) is 0 Å². The van der Waals surface area contributed by atoms with E-state index in [0.717, 1.165) is 16.0 Å². The number of alkyl halides is 2. The van der Waals surface area contributed by atoms with Gasteiger partial charge in [-0.3, -0.25) is 4.79 Å². The first kappa shape index (κ1) is 13.1. The number of ketones is 1. The van der Waals surface area contributed by atoms with E-state index >= 15 is 0 Å². The molecule has 1 nitrogen and oxygen atoms in total. The maximum Gasteiger partial charge on any atom is 0.177 e. The SMILES string of the molecule is CSc1cc(CCl)ccc1C(=O)C(C)Br. The van der Waals surface area contributed by atoms with Crippen LogP contribution in [0.4, 0.5) is 0 Å². The zero-order valence-corrected chi connectivity index (χ0v) is 11.7. The molecule has 0 bridgehead atoms. The zero-order chi connectivity index (χ0) is 11.4.